The van der Waals surface area contributed by atoms with Gasteiger partial charge >= 0.3 is 0 Å². The van der Waals surface area contributed by atoms with Crippen LogP contribution in [0.3, 0.4) is 0 Å². The largest absolute Gasteiger partial charge is 0.352 e. The highest BCUT2D eigenvalue weighted by Crippen LogP contribution is 2.28. The Morgan fingerprint density at radius 3 is 2.35 bits per heavy atom. The van der Waals surface area contributed by atoms with E-state index in [9.17, 15) is 18.0 Å². The Labute approximate surface area is 226 Å². The molecule has 1 saturated carbocycles. The van der Waals surface area contributed by atoms with Crippen LogP contribution in [0.4, 0.5) is 5.69 Å². The maximum absolute atomic E-state index is 13.4. The summed E-state index contributed by atoms with van der Waals surface area (Å²) < 4.78 is 26.4. The molecule has 0 bridgehead atoms. The maximum atomic E-state index is 13.4. The van der Waals surface area contributed by atoms with E-state index in [4.69, 9.17) is 11.6 Å². The van der Waals surface area contributed by atoms with E-state index in [2.05, 4.69) is 5.32 Å². The number of benzene rings is 2. The molecule has 37 heavy (non-hydrogen) atoms. The van der Waals surface area contributed by atoms with Crippen molar-refractivity contribution >= 4 is 39.1 Å². The Hall–Kier alpha value is -2.58. The molecule has 2 aromatic carbocycles. The van der Waals surface area contributed by atoms with E-state index in [0.717, 1.165) is 43.1 Å². The number of sulfonamides is 1. The standard InChI is InChI=1S/C28H38ClN3O4S/c1-20-14-16-23(17-15-20)19-31(22(3)28(34)30-24-9-5-6-10-24)27(33)13-8-18-32(37(4,35)36)26-12-7-11-25(29)21(26)2/h7,11-12,14-17,22,24H,5-6,8-10,13,18-19H2,1-4H3,(H,30,34)/t22-/m1/s1. The van der Waals surface area contributed by atoms with E-state index in [1.807, 2.05) is 31.2 Å². The molecule has 3 rings (SSSR count). The van der Waals surface area contributed by atoms with Gasteiger partial charge in [-0.05, 0) is 63.3 Å². The van der Waals surface area contributed by atoms with E-state index < -0.39 is 16.1 Å². The lowest BCUT2D eigenvalue weighted by Gasteiger charge is -2.30. The van der Waals surface area contributed by atoms with E-state index in [1.165, 1.54) is 4.31 Å². The molecule has 0 unspecified atom stereocenters. The Bertz CT molecular complexity index is 1190. The molecule has 1 fully saturated rings. The van der Waals surface area contributed by atoms with Crippen molar-refractivity contribution in [2.45, 2.75) is 77.9 Å². The number of aryl methyl sites for hydroxylation is 1. The second-order valence-electron chi connectivity index (χ2n) is 10.00. The first-order valence-electron chi connectivity index (χ1n) is 12.9. The summed E-state index contributed by atoms with van der Waals surface area (Å²) in [5, 5.41) is 3.58. The number of carbonyl (C=O) groups excluding carboxylic acids is 2. The maximum Gasteiger partial charge on any atom is 0.242 e. The minimum Gasteiger partial charge on any atom is -0.352 e. The van der Waals surface area contributed by atoms with Crippen LogP contribution in [0.25, 0.3) is 0 Å². The molecule has 1 aliphatic rings. The highest BCUT2D eigenvalue weighted by atomic mass is 35.5. The van der Waals surface area contributed by atoms with E-state index in [1.54, 1.807) is 36.9 Å². The van der Waals surface area contributed by atoms with Crippen molar-refractivity contribution < 1.29 is 18.0 Å². The van der Waals surface area contributed by atoms with Crippen LogP contribution in [0.2, 0.25) is 5.02 Å². The predicted octanol–water partition coefficient (Wildman–Crippen LogP) is 4.98. The molecular formula is C28H38ClN3O4S. The first kappa shape index (κ1) is 29.0. The van der Waals surface area contributed by atoms with Gasteiger partial charge in [-0.25, -0.2) is 8.42 Å². The van der Waals surface area contributed by atoms with Crippen LogP contribution < -0.4 is 9.62 Å². The molecule has 0 radical (unpaired) electrons. The zero-order valence-electron chi connectivity index (χ0n) is 22.2. The molecule has 0 aromatic heterocycles. The van der Waals surface area contributed by atoms with Gasteiger partial charge in [-0.15, -0.1) is 0 Å². The van der Waals surface area contributed by atoms with Gasteiger partial charge in [0.25, 0.3) is 0 Å². The number of nitrogens with one attached hydrogen (secondary N) is 1. The van der Waals surface area contributed by atoms with Gasteiger partial charge in [-0.3, -0.25) is 13.9 Å². The van der Waals surface area contributed by atoms with Gasteiger partial charge in [0.15, 0.2) is 0 Å². The van der Waals surface area contributed by atoms with Gasteiger partial charge in [0.2, 0.25) is 21.8 Å². The SMILES string of the molecule is Cc1ccc(CN(C(=O)CCCN(c2cccc(Cl)c2C)S(C)(=O)=O)[C@H](C)C(=O)NC2CCCC2)cc1. The third kappa shape index (κ3) is 7.95. The fraction of sp³-hybridized carbons (Fsp3) is 0.500. The lowest BCUT2D eigenvalue weighted by Crippen LogP contribution is -2.49. The molecule has 9 heteroatoms. The van der Waals surface area contributed by atoms with Crippen LogP contribution in [0.1, 0.15) is 62.1 Å². The second-order valence-corrected chi connectivity index (χ2v) is 12.3. The molecule has 0 heterocycles. The first-order valence-corrected chi connectivity index (χ1v) is 15.1. The number of nitrogens with zero attached hydrogens (tertiary/aromatic N) is 2. The van der Waals surface area contributed by atoms with Gasteiger partial charge in [-0.1, -0.05) is 60.3 Å². The Balaban J connectivity index is 1.73. The number of rotatable bonds is 11. The Kier molecular flexibility index (Phi) is 10.0. The molecule has 1 N–H and O–H groups in total. The van der Waals surface area contributed by atoms with Crippen LogP contribution >= 0.6 is 11.6 Å². The van der Waals surface area contributed by atoms with Crippen LogP contribution in [-0.2, 0) is 26.2 Å². The lowest BCUT2D eigenvalue weighted by atomic mass is 10.1. The molecule has 0 spiro atoms. The number of amides is 2. The number of hydrogen-bond acceptors (Lipinski definition) is 4. The number of hydrogen-bond donors (Lipinski definition) is 1. The number of anilines is 1. The van der Waals surface area contributed by atoms with E-state index in [-0.39, 0.29) is 30.8 Å². The third-order valence-electron chi connectivity index (χ3n) is 7.00. The van der Waals surface area contributed by atoms with Crippen molar-refractivity contribution in [1.82, 2.24) is 10.2 Å². The molecule has 1 atom stereocenters. The molecule has 2 amide bonds. The van der Waals surface area contributed by atoms with Gasteiger partial charge in [0.05, 0.1) is 11.9 Å². The summed E-state index contributed by atoms with van der Waals surface area (Å²) in [5.41, 5.74) is 3.22. The minimum atomic E-state index is -3.59. The zero-order chi connectivity index (χ0) is 27.2. The topological polar surface area (TPSA) is 86.8 Å². The van der Waals surface area contributed by atoms with Crippen molar-refractivity contribution in [3.63, 3.8) is 0 Å². The zero-order valence-corrected chi connectivity index (χ0v) is 23.7. The minimum absolute atomic E-state index is 0.110. The van der Waals surface area contributed by atoms with Crippen molar-refractivity contribution in [2.75, 3.05) is 17.1 Å². The Morgan fingerprint density at radius 2 is 1.73 bits per heavy atom. The average Bonchev–Trinajstić information content (AvgIpc) is 3.35. The summed E-state index contributed by atoms with van der Waals surface area (Å²) in [6, 6.07) is 12.5. The second kappa shape index (κ2) is 12.8. The molecule has 202 valence electrons. The monoisotopic (exact) mass is 547 g/mol. The van der Waals surface area contributed by atoms with Crippen LogP contribution in [0.15, 0.2) is 42.5 Å². The van der Waals surface area contributed by atoms with Crippen LogP contribution in [-0.4, -0.2) is 50.0 Å². The summed E-state index contributed by atoms with van der Waals surface area (Å²) in [5.74, 6) is -0.342. The Morgan fingerprint density at radius 1 is 1.08 bits per heavy atom. The lowest BCUT2D eigenvalue weighted by molar-refractivity contribution is -0.141. The normalized spacial score (nSPS) is 14.8. The number of halogens is 1. The summed E-state index contributed by atoms with van der Waals surface area (Å²) >= 11 is 6.23. The molecule has 0 aliphatic heterocycles. The third-order valence-corrected chi connectivity index (χ3v) is 8.59. The first-order chi connectivity index (χ1) is 17.5. The van der Waals surface area contributed by atoms with E-state index >= 15 is 0 Å². The molecule has 7 nitrogen and oxygen atoms in total. The highest BCUT2D eigenvalue weighted by molar-refractivity contribution is 7.92. The number of carbonyl (C=O) groups is 2. The smallest absolute Gasteiger partial charge is 0.242 e. The quantitative estimate of drug-likeness (QED) is 0.430. The van der Waals surface area contributed by atoms with Gasteiger partial charge in [-0.2, -0.15) is 0 Å². The van der Waals surface area contributed by atoms with Gasteiger partial charge in [0.1, 0.15) is 6.04 Å². The van der Waals surface area contributed by atoms with Crippen molar-refractivity contribution in [1.29, 1.82) is 0 Å². The van der Waals surface area contributed by atoms with Gasteiger partial charge in [0, 0.05) is 30.6 Å². The molecule has 0 saturated heterocycles. The fourth-order valence-corrected chi connectivity index (χ4v) is 5.90. The van der Waals surface area contributed by atoms with Crippen molar-refractivity contribution in [2.24, 2.45) is 0 Å². The predicted molar refractivity (Wildman–Crippen MR) is 149 cm³/mol. The fourth-order valence-electron chi connectivity index (χ4n) is 4.71. The molecule has 1 aliphatic carbocycles. The summed E-state index contributed by atoms with van der Waals surface area (Å²) in [6.45, 7) is 5.97. The molecular weight excluding hydrogens is 510 g/mol. The van der Waals surface area contributed by atoms with E-state index in [0.29, 0.717) is 29.2 Å². The van der Waals surface area contributed by atoms with Crippen LogP contribution in [0.5, 0.6) is 0 Å². The van der Waals surface area contributed by atoms with Crippen molar-refractivity contribution in [3.05, 3.63) is 64.2 Å². The highest BCUT2D eigenvalue weighted by Gasteiger charge is 2.29. The van der Waals surface area contributed by atoms with Crippen molar-refractivity contribution in [3.8, 4) is 0 Å². The summed E-state index contributed by atoms with van der Waals surface area (Å²) in [4.78, 5) is 28.1. The average molecular weight is 548 g/mol. The molecule has 2 aromatic rings. The summed E-state index contributed by atoms with van der Waals surface area (Å²) in [7, 11) is -3.59. The summed E-state index contributed by atoms with van der Waals surface area (Å²) in [6.07, 6.45) is 5.71. The van der Waals surface area contributed by atoms with Crippen LogP contribution in [0, 0.1) is 13.8 Å². The van der Waals surface area contributed by atoms with Gasteiger partial charge < -0.3 is 10.2 Å².